The number of anilines is 1. The number of hydrogen-bond acceptors (Lipinski definition) is 7. The van der Waals surface area contributed by atoms with Gasteiger partial charge in [0.2, 0.25) is 0 Å². The molecule has 1 aliphatic rings. The number of aryl methyl sites for hydroxylation is 1. The third-order valence-corrected chi connectivity index (χ3v) is 6.09. The zero-order valence-corrected chi connectivity index (χ0v) is 20.3. The molecule has 36 heavy (non-hydrogen) atoms. The van der Waals surface area contributed by atoms with E-state index in [1.165, 1.54) is 6.20 Å². The second-order valence-corrected chi connectivity index (χ2v) is 8.49. The molecule has 1 fully saturated rings. The average Bonchev–Trinajstić information content (AvgIpc) is 3.56. The summed E-state index contributed by atoms with van der Waals surface area (Å²) in [4.78, 5) is 33.8. The Morgan fingerprint density at radius 3 is 2.42 bits per heavy atom. The van der Waals surface area contributed by atoms with E-state index in [0.29, 0.717) is 55.4 Å². The van der Waals surface area contributed by atoms with Crippen LogP contribution in [0.3, 0.4) is 0 Å². The lowest BCUT2D eigenvalue weighted by Crippen LogP contribution is -2.49. The lowest BCUT2D eigenvalue weighted by molar-refractivity contribution is 0.0525. The van der Waals surface area contributed by atoms with Crippen LogP contribution in [0.5, 0.6) is 0 Å². The Hall–Kier alpha value is -4.40. The molecule has 184 valence electrons. The van der Waals surface area contributed by atoms with Gasteiger partial charge >= 0.3 is 5.97 Å². The Bertz CT molecular complexity index is 1350. The number of aromatic nitrogens is 3. The van der Waals surface area contributed by atoms with Crippen molar-refractivity contribution in [2.24, 2.45) is 0 Å². The predicted molar refractivity (Wildman–Crippen MR) is 134 cm³/mol. The number of nitrogens with zero attached hydrogens (tertiary/aromatic N) is 5. The molecule has 0 unspecified atom stereocenters. The average molecular weight is 486 g/mol. The Balaban J connectivity index is 1.33. The van der Waals surface area contributed by atoms with Gasteiger partial charge in [0, 0.05) is 38.6 Å². The van der Waals surface area contributed by atoms with Crippen molar-refractivity contribution in [3.63, 3.8) is 0 Å². The zero-order chi connectivity index (χ0) is 25.1. The Morgan fingerprint density at radius 2 is 1.78 bits per heavy atom. The van der Waals surface area contributed by atoms with Gasteiger partial charge in [-0.1, -0.05) is 18.2 Å². The lowest BCUT2D eigenvalue weighted by atomic mass is 10.1. The molecule has 0 aliphatic carbocycles. The number of pyridine rings is 1. The molecule has 0 bridgehead atoms. The largest absolute Gasteiger partial charge is 0.462 e. The van der Waals surface area contributed by atoms with Crippen molar-refractivity contribution in [2.75, 3.05) is 37.7 Å². The van der Waals surface area contributed by atoms with Crippen molar-refractivity contribution in [1.29, 1.82) is 0 Å². The van der Waals surface area contributed by atoms with Crippen LogP contribution in [-0.2, 0) is 4.74 Å². The van der Waals surface area contributed by atoms with Crippen LogP contribution >= 0.6 is 0 Å². The maximum atomic E-state index is 13.6. The second-order valence-electron chi connectivity index (χ2n) is 8.49. The fourth-order valence-electron chi connectivity index (χ4n) is 4.20. The highest BCUT2D eigenvalue weighted by molar-refractivity contribution is 5.99. The normalized spacial score (nSPS) is 13.6. The van der Waals surface area contributed by atoms with Crippen LogP contribution in [0.2, 0.25) is 0 Å². The fourth-order valence-corrected chi connectivity index (χ4v) is 4.20. The Labute approximate surface area is 208 Å². The molecule has 9 heteroatoms. The van der Waals surface area contributed by atoms with Crippen molar-refractivity contribution in [3.05, 3.63) is 83.9 Å². The van der Waals surface area contributed by atoms with Gasteiger partial charge in [-0.15, -0.1) is 0 Å². The van der Waals surface area contributed by atoms with E-state index >= 15 is 0 Å². The molecule has 4 aromatic rings. The molecule has 0 atom stereocenters. The summed E-state index contributed by atoms with van der Waals surface area (Å²) in [5.74, 6) is 1.61. The van der Waals surface area contributed by atoms with Gasteiger partial charge in [-0.05, 0) is 50.2 Å². The first kappa shape index (κ1) is 23.3. The van der Waals surface area contributed by atoms with E-state index in [4.69, 9.17) is 14.3 Å². The molecule has 9 nitrogen and oxygen atoms in total. The van der Waals surface area contributed by atoms with Crippen molar-refractivity contribution in [1.82, 2.24) is 19.7 Å². The molecule has 0 spiro atoms. The molecule has 5 rings (SSSR count). The first-order valence-electron chi connectivity index (χ1n) is 11.9. The Kier molecular flexibility index (Phi) is 6.53. The van der Waals surface area contributed by atoms with Crippen LogP contribution in [0.25, 0.3) is 17.1 Å². The zero-order valence-electron chi connectivity index (χ0n) is 20.3. The number of carbonyl (C=O) groups is 2. The quantitative estimate of drug-likeness (QED) is 0.382. The third-order valence-electron chi connectivity index (χ3n) is 6.09. The fraction of sp³-hybridized carbons (Fsp3) is 0.259. The molecule has 1 aliphatic heterocycles. The van der Waals surface area contributed by atoms with Gasteiger partial charge in [0.15, 0.2) is 5.76 Å². The number of furan rings is 1. The molecule has 3 aromatic heterocycles. The number of para-hydroxylation sites is 1. The summed E-state index contributed by atoms with van der Waals surface area (Å²) in [7, 11) is 0. The van der Waals surface area contributed by atoms with Crippen LogP contribution < -0.4 is 4.90 Å². The van der Waals surface area contributed by atoms with Crippen molar-refractivity contribution >= 4 is 17.7 Å². The summed E-state index contributed by atoms with van der Waals surface area (Å²) in [5, 5.41) is 4.70. The maximum absolute atomic E-state index is 13.6. The van der Waals surface area contributed by atoms with E-state index in [0.717, 1.165) is 17.3 Å². The van der Waals surface area contributed by atoms with E-state index in [-0.39, 0.29) is 11.9 Å². The number of piperazine rings is 1. The maximum Gasteiger partial charge on any atom is 0.339 e. The minimum absolute atomic E-state index is 0.0912. The second kappa shape index (κ2) is 10.1. The van der Waals surface area contributed by atoms with E-state index in [1.54, 1.807) is 23.9 Å². The van der Waals surface area contributed by atoms with Crippen LogP contribution in [0.1, 0.15) is 33.4 Å². The highest BCUT2D eigenvalue weighted by Crippen LogP contribution is 2.27. The molecule has 1 amide bonds. The summed E-state index contributed by atoms with van der Waals surface area (Å²) in [6.07, 6.45) is 3.30. The lowest BCUT2D eigenvalue weighted by Gasteiger charge is -2.35. The molecule has 1 aromatic carbocycles. The highest BCUT2D eigenvalue weighted by Gasteiger charge is 2.28. The van der Waals surface area contributed by atoms with Gasteiger partial charge < -0.3 is 19.0 Å². The van der Waals surface area contributed by atoms with E-state index in [1.807, 2.05) is 60.4 Å². The van der Waals surface area contributed by atoms with Crippen LogP contribution in [0, 0.1) is 6.92 Å². The van der Waals surface area contributed by atoms with Gasteiger partial charge in [0.05, 0.1) is 23.4 Å². The minimum atomic E-state index is -0.384. The van der Waals surface area contributed by atoms with Crippen molar-refractivity contribution in [3.8, 4) is 17.1 Å². The number of amides is 1. The molecule has 0 saturated carbocycles. The van der Waals surface area contributed by atoms with E-state index in [9.17, 15) is 9.59 Å². The van der Waals surface area contributed by atoms with Gasteiger partial charge in [-0.3, -0.25) is 4.79 Å². The first-order valence-corrected chi connectivity index (χ1v) is 11.9. The van der Waals surface area contributed by atoms with Gasteiger partial charge in [-0.25, -0.2) is 14.5 Å². The summed E-state index contributed by atoms with van der Waals surface area (Å²) < 4.78 is 12.5. The molecule has 1 saturated heterocycles. The van der Waals surface area contributed by atoms with Crippen LogP contribution in [0.15, 0.2) is 71.4 Å². The smallest absolute Gasteiger partial charge is 0.339 e. The number of ether oxygens (including phenoxy) is 1. The first-order chi connectivity index (χ1) is 17.5. The standard InChI is InChI=1S/C27H27N5O4/c1-3-35-27(34)20-10-12-24(28-17-20)30-13-15-31(16-14-30)26(33)22-18-32(21-7-5-4-6-8-21)29-25(22)23-11-9-19(2)36-23/h4-12,17-18H,3,13-16H2,1-2H3. The summed E-state index contributed by atoms with van der Waals surface area (Å²) in [6, 6.07) is 16.9. The van der Waals surface area contributed by atoms with Crippen LogP contribution in [-0.4, -0.2) is 64.3 Å². The number of esters is 1. The topological polar surface area (TPSA) is 93.7 Å². The number of benzene rings is 1. The summed E-state index contributed by atoms with van der Waals surface area (Å²) in [6.45, 7) is 6.28. The summed E-state index contributed by atoms with van der Waals surface area (Å²) in [5.41, 5.74) is 2.31. The number of rotatable bonds is 6. The molecule has 4 heterocycles. The van der Waals surface area contributed by atoms with Gasteiger partial charge in [0.25, 0.3) is 5.91 Å². The monoisotopic (exact) mass is 485 g/mol. The molecule has 0 radical (unpaired) electrons. The third kappa shape index (κ3) is 4.72. The molecule has 0 N–H and O–H groups in total. The summed E-state index contributed by atoms with van der Waals surface area (Å²) >= 11 is 0. The van der Waals surface area contributed by atoms with Crippen LogP contribution in [0.4, 0.5) is 5.82 Å². The SMILES string of the molecule is CCOC(=O)c1ccc(N2CCN(C(=O)c3cn(-c4ccccc4)nc3-c3ccc(C)o3)CC2)nc1. The van der Waals surface area contributed by atoms with Crippen molar-refractivity contribution < 1.29 is 18.7 Å². The number of hydrogen-bond donors (Lipinski definition) is 0. The van der Waals surface area contributed by atoms with Gasteiger partial charge in [0.1, 0.15) is 17.3 Å². The van der Waals surface area contributed by atoms with Crippen molar-refractivity contribution in [2.45, 2.75) is 13.8 Å². The number of carbonyl (C=O) groups excluding carboxylic acids is 2. The molecular formula is C27H27N5O4. The predicted octanol–water partition coefficient (Wildman–Crippen LogP) is 3.97. The highest BCUT2D eigenvalue weighted by atomic mass is 16.5. The molecular weight excluding hydrogens is 458 g/mol. The van der Waals surface area contributed by atoms with E-state index < -0.39 is 0 Å². The van der Waals surface area contributed by atoms with E-state index in [2.05, 4.69) is 9.88 Å². The minimum Gasteiger partial charge on any atom is -0.462 e. The van der Waals surface area contributed by atoms with Gasteiger partial charge in [-0.2, -0.15) is 5.10 Å². The Morgan fingerprint density at radius 1 is 1.00 bits per heavy atom.